The first-order valence-corrected chi connectivity index (χ1v) is 5.47. The highest BCUT2D eigenvalue weighted by atomic mass is 16.4. The number of hydrogen-bond donors (Lipinski definition) is 1. The SMILES string of the molecule is C=CCCCC1CCCC1.CC(=O)O. The number of hydrogen-bond acceptors (Lipinski definition) is 1. The van der Waals surface area contributed by atoms with Crippen molar-refractivity contribution in [3.8, 4) is 0 Å². The van der Waals surface area contributed by atoms with Crippen LogP contribution in [0.3, 0.4) is 0 Å². The summed E-state index contributed by atoms with van der Waals surface area (Å²) in [6.07, 6.45) is 12.0. The van der Waals surface area contributed by atoms with Gasteiger partial charge in [0.2, 0.25) is 0 Å². The first-order valence-electron chi connectivity index (χ1n) is 5.47. The zero-order valence-corrected chi connectivity index (χ0v) is 9.17. The Bertz CT molecular complexity index is 154. The summed E-state index contributed by atoms with van der Waals surface area (Å²) in [6.45, 7) is 4.81. The molecule has 0 saturated heterocycles. The molecule has 0 aromatic heterocycles. The minimum absolute atomic E-state index is 0.833. The molecule has 2 nitrogen and oxygen atoms in total. The molecule has 0 heterocycles. The Morgan fingerprint density at radius 3 is 2.43 bits per heavy atom. The van der Waals surface area contributed by atoms with E-state index in [4.69, 9.17) is 9.90 Å². The fourth-order valence-corrected chi connectivity index (χ4v) is 1.85. The van der Waals surface area contributed by atoms with E-state index in [0.717, 1.165) is 12.8 Å². The third kappa shape index (κ3) is 9.30. The Morgan fingerprint density at radius 1 is 1.50 bits per heavy atom. The zero-order valence-electron chi connectivity index (χ0n) is 9.17. The molecule has 0 amide bonds. The van der Waals surface area contributed by atoms with E-state index in [1.54, 1.807) is 0 Å². The van der Waals surface area contributed by atoms with E-state index < -0.39 is 5.97 Å². The molecule has 0 radical (unpaired) electrons. The van der Waals surface area contributed by atoms with Crippen molar-refractivity contribution in [1.29, 1.82) is 0 Å². The molecule has 1 aliphatic carbocycles. The summed E-state index contributed by atoms with van der Waals surface area (Å²) in [5.41, 5.74) is 0. The molecule has 82 valence electrons. The number of carbonyl (C=O) groups is 1. The minimum Gasteiger partial charge on any atom is -0.481 e. The smallest absolute Gasteiger partial charge is 0.300 e. The largest absolute Gasteiger partial charge is 0.481 e. The molecule has 1 N–H and O–H groups in total. The summed E-state index contributed by atoms with van der Waals surface area (Å²) >= 11 is 0. The van der Waals surface area contributed by atoms with Crippen molar-refractivity contribution < 1.29 is 9.90 Å². The maximum Gasteiger partial charge on any atom is 0.300 e. The van der Waals surface area contributed by atoms with Crippen LogP contribution in [0.1, 0.15) is 51.9 Å². The number of allylic oxidation sites excluding steroid dienone is 1. The van der Waals surface area contributed by atoms with Gasteiger partial charge in [-0.25, -0.2) is 0 Å². The van der Waals surface area contributed by atoms with Gasteiger partial charge < -0.3 is 5.11 Å². The number of unbranched alkanes of at least 4 members (excludes halogenated alkanes) is 1. The normalized spacial score (nSPS) is 15.8. The van der Waals surface area contributed by atoms with Crippen LogP contribution < -0.4 is 0 Å². The van der Waals surface area contributed by atoms with Crippen LogP contribution in [0.25, 0.3) is 0 Å². The number of carboxylic acid groups (broad SMARTS) is 1. The molecule has 1 fully saturated rings. The Morgan fingerprint density at radius 2 is 2.00 bits per heavy atom. The predicted octanol–water partition coefficient (Wildman–Crippen LogP) is 3.62. The molecule has 0 bridgehead atoms. The molecular formula is C12H22O2. The van der Waals surface area contributed by atoms with Gasteiger partial charge in [-0.15, -0.1) is 6.58 Å². The standard InChI is InChI=1S/C10H18.C2H4O2/c1-2-3-4-7-10-8-5-6-9-10;1-2(3)4/h2,10H,1,3-9H2;1H3,(H,3,4). The molecule has 1 rings (SSSR count). The number of carboxylic acids is 1. The zero-order chi connectivity index (χ0) is 10.8. The van der Waals surface area contributed by atoms with Crippen LogP contribution in [0.4, 0.5) is 0 Å². The summed E-state index contributed by atoms with van der Waals surface area (Å²) in [7, 11) is 0. The average Bonchev–Trinajstić information content (AvgIpc) is 2.56. The summed E-state index contributed by atoms with van der Waals surface area (Å²) < 4.78 is 0. The summed E-state index contributed by atoms with van der Waals surface area (Å²) in [4.78, 5) is 9.00. The molecule has 2 heteroatoms. The van der Waals surface area contributed by atoms with Gasteiger partial charge in [0, 0.05) is 6.92 Å². The van der Waals surface area contributed by atoms with Gasteiger partial charge in [-0.1, -0.05) is 38.2 Å². The van der Waals surface area contributed by atoms with Gasteiger partial charge in [0.15, 0.2) is 0 Å². The molecule has 0 aliphatic heterocycles. The lowest BCUT2D eigenvalue weighted by Gasteiger charge is -2.05. The molecular weight excluding hydrogens is 176 g/mol. The monoisotopic (exact) mass is 198 g/mol. The van der Waals surface area contributed by atoms with Crippen LogP contribution in [0, 0.1) is 5.92 Å². The van der Waals surface area contributed by atoms with Gasteiger partial charge in [0.25, 0.3) is 5.97 Å². The second-order valence-electron chi connectivity index (χ2n) is 3.89. The lowest BCUT2D eigenvalue weighted by atomic mass is 10.0. The van der Waals surface area contributed by atoms with Crippen molar-refractivity contribution in [2.45, 2.75) is 51.9 Å². The van der Waals surface area contributed by atoms with Crippen LogP contribution in [-0.2, 0) is 4.79 Å². The Kier molecular flexibility index (Phi) is 8.30. The Balaban J connectivity index is 0.000000364. The summed E-state index contributed by atoms with van der Waals surface area (Å²) in [6, 6.07) is 0. The van der Waals surface area contributed by atoms with Crippen molar-refractivity contribution in [1.82, 2.24) is 0 Å². The third-order valence-electron chi connectivity index (χ3n) is 2.50. The van der Waals surface area contributed by atoms with Gasteiger partial charge >= 0.3 is 0 Å². The van der Waals surface area contributed by atoms with E-state index in [9.17, 15) is 0 Å². The fourth-order valence-electron chi connectivity index (χ4n) is 1.85. The van der Waals surface area contributed by atoms with Crippen LogP contribution >= 0.6 is 0 Å². The highest BCUT2D eigenvalue weighted by Crippen LogP contribution is 2.28. The lowest BCUT2D eigenvalue weighted by Crippen LogP contribution is -1.91. The first kappa shape index (κ1) is 13.2. The fraction of sp³-hybridized carbons (Fsp3) is 0.750. The number of aliphatic carboxylic acids is 1. The van der Waals surface area contributed by atoms with Crippen LogP contribution in [-0.4, -0.2) is 11.1 Å². The van der Waals surface area contributed by atoms with Crippen LogP contribution in [0.15, 0.2) is 12.7 Å². The second-order valence-corrected chi connectivity index (χ2v) is 3.89. The second kappa shape index (κ2) is 8.79. The van der Waals surface area contributed by atoms with Crippen LogP contribution in [0.2, 0.25) is 0 Å². The molecule has 14 heavy (non-hydrogen) atoms. The molecule has 0 unspecified atom stereocenters. The third-order valence-corrected chi connectivity index (χ3v) is 2.50. The van der Waals surface area contributed by atoms with E-state index in [0.29, 0.717) is 0 Å². The molecule has 1 saturated carbocycles. The topological polar surface area (TPSA) is 37.3 Å². The maximum absolute atomic E-state index is 9.00. The van der Waals surface area contributed by atoms with Crippen LogP contribution in [0.5, 0.6) is 0 Å². The molecule has 1 aliphatic rings. The molecule has 0 aromatic rings. The van der Waals surface area contributed by atoms with Gasteiger partial charge in [-0.05, 0) is 18.8 Å². The summed E-state index contributed by atoms with van der Waals surface area (Å²) in [5.74, 6) is 0.236. The van der Waals surface area contributed by atoms with E-state index in [1.165, 1.54) is 44.9 Å². The molecule has 0 atom stereocenters. The Labute approximate surface area is 87.0 Å². The average molecular weight is 198 g/mol. The minimum atomic E-state index is -0.833. The quantitative estimate of drug-likeness (QED) is 0.553. The highest BCUT2D eigenvalue weighted by molar-refractivity contribution is 5.62. The van der Waals surface area contributed by atoms with Crippen molar-refractivity contribution in [2.24, 2.45) is 5.92 Å². The van der Waals surface area contributed by atoms with Crippen molar-refractivity contribution in [3.05, 3.63) is 12.7 Å². The predicted molar refractivity (Wildman–Crippen MR) is 59.3 cm³/mol. The number of rotatable bonds is 4. The van der Waals surface area contributed by atoms with E-state index in [2.05, 4.69) is 6.58 Å². The molecule has 0 spiro atoms. The van der Waals surface area contributed by atoms with Gasteiger partial charge in [-0.2, -0.15) is 0 Å². The van der Waals surface area contributed by atoms with Crippen molar-refractivity contribution in [2.75, 3.05) is 0 Å². The molecule has 0 aromatic carbocycles. The highest BCUT2D eigenvalue weighted by Gasteiger charge is 2.13. The van der Waals surface area contributed by atoms with E-state index in [-0.39, 0.29) is 0 Å². The van der Waals surface area contributed by atoms with Gasteiger partial charge in [-0.3, -0.25) is 4.79 Å². The maximum atomic E-state index is 9.00. The van der Waals surface area contributed by atoms with Crippen molar-refractivity contribution in [3.63, 3.8) is 0 Å². The van der Waals surface area contributed by atoms with Crippen molar-refractivity contribution >= 4 is 5.97 Å². The van der Waals surface area contributed by atoms with Gasteiger partial charge in [0.05, 0.1) is 0 Å². The van der Waals surface area contributed by atoms with Gasteiger partial charge in [0.1, 0.15) is 0 Å². The first-order chi connectivity index (χ1) is 6.66. The lowest BCUT2D eigenvalue weighted by molar-refractivity contribution is -0.134. The summed E-state index contributed by atoms with van der Waals surface area (Å²) in [5, 5.41) is 7.42. The van der Waals surface area contributed by atoms with E-state index >= 15 is 0 Å². The Hall–Kier alpha value is -0.790. The van der Waals surface area contributed by atoms with E-state index in [1.807, 2.05) is 6.08 Å².